The van der Waals surface area contributed by atoms with Gasteiger partial charge in [0.25, 0.3) is 0 Å². The standard InChI is InChI=1S/C26H32N2O4/c1-16-21(31-25(29)27-17(2)18-8-6-5-7-9-18)14-22-26(16)12-13-28(3)15-19-10-11-20(30-4)24(32-22)23(19)26/h5-11,16-17,21-22H,12-15H2,1-4H3,(H,27,29)/t16?,17-,21+,22-,26+/m0/s1. The molecule has 1 spiro atoms. The Hall–Kier alpha value is -2.73. The molecule has 2 heterocycles. The van der Waals surface area contributed by atoms with Crippen LogP contribution < -0.4 is 14.8 Å². The zero-order chi connectivity index (χ0) is 22.5. The molecule has 170 valence electrons. The highest BCUT2D eigenvalue weighted by molar-refractivity contribution is 5.68. The smallest absolute Gasteiger partial charge is 0.407 e. The molecule has 0 bridgehead atoms. The average Bonchev–Trinajstić information content (AvgIpc) is 3.18. The first kappa shape index (κ1) is 21.1. The molecule has 1 N–H and O–H groups in total. The summed E-state index contributed by atoms with van der Waals surface area (Å²) < 4.78 is 18.2. The molecule has 3 aliphatic rings. The maximum absolute atomic E-state index is 12.8. The van der Waals surface area contributed by atoms with E-state index in [-0.39, 0.29) is 35.7 Å². The minimum Gasteiger partial charge on any atom is -0.493 e. The van der Waals surface area contributed by atoms with Crippen molar-refractivity contribution >= 4 is 6.09 Å². The molecule has 5 rings (SSSR count). The van der Waals surface area contributed by atoms with E-state index in [9.17, 15) is 4.79 Å². The number of hydrogen-bond acceptors (Lipinski definition) is 5. The zero-order valence-corrected chi connectivity index (χ0v) is 19.3. The van der Waals surface area contributed by atoms with E-state index < -0.39 is 0 Å². The number of methoxy groups -OCH3 is 1. The SMILES string of the molecule is COc1ccc2c3c1O[C@H]1C[C@@H](OC(=O)N[C@@H](C)c4ccccc4)C(C)[C@@]31CCN(C)C2. The second-order valence-corrected chi connectivity index (χ2v) is 9.51. The van der Waals surface area contributed by atoms with Crippen molar-refractivity contribution in [3.8, 4) is 11.5 Å². The molecule has 5 atom stereocenters. The molecular formula is C26H32N2O4. The maximum Gasteiger partial charge on any atom is 0.407 e. The molecule has 2 aromatic rings. The molecule has 1 unspecified atom stereocenters. The van der Waals surface area contributed by atoms with Gasteiger partial charge in [0.05, 0.1) is 13.2 Å². The number of rotatable bonds is 4. The number of carbonyl (C=O) groups is 1. The quantitative estimate of drug-likeness (QED) is 0.769. The van der Waals surface area contributed by atoms with Gasteiger partial charge < -0.3 is 24.4 Å². The lowest BCUT2D eigenvalue weighted by molar-refractivity contribution is 0.0652. The molecule has 1 fully saturated rings. The highest BCUT2D eigenvalue weighted by Gasteiger charge is 2.62. The molecule has 0 saturated heterocycles. The zero-order valence-electron chi connectivity index (χ0n) is 19.3. The molecule has 2 aliphatic heterocycles. The minimum absolute atomic E-state index is 0.0154. The van der Waals surface area contributed by atoms with Crippen LogP contribution >= 0.6 is 0 Å². The highest BCUT2D eigenvalue weighted by atomic mass is 16.6. The second-order valence-electron chi connectivity index (χ2n) is 9.51. The molecule has 6 nitrogen and oxygen atoms in total. The summed E-state index contributed by atoms with van der Waals surface area (Å²) in [7, 11) is 3.86. The Labute approximate surface area is 189 Å². The van der Waals surface area contributed by atoms with E-state index in [1.807, 2.05) is 43.3 Å². The van der Waals surface area contributed by atoms with Crippen LogP contribution in [0.3, 0.4) is 0 Å². The number of amides is 1. The third-order valence-electron chi connectivity index (χ3n) is 7.78. The molecular weight excluding hydrogens is 404 g/mol. The van der Waals surface area contributed by atoms with Crippen LogP contribution in [0.4, 0.5) is 4.79 Å². The molecule has 32 heavy (non-hydrogen) atoms. The van der Waals surface area contributed by atoms with Gasteiger partial charge in [-0.25, -0.2) is 4.79 Å². The number of hydrogen-bond donors (Lipinski definition) is 1. The van der Waals surface area contributed by atoms with Gasteiger partial charge in [-0.1, -0.05) is 43.3 Å². The van der Waals surface area contributed by atoms with E-state index in [1.54, 1.807) is 7.11 Å². The number of alkyl carbamates (subject to hydrolysis) is 1. The molecule has 0 aromatic heterocycles. The number of ether oxygens (including phenoxy) is 3. The summed E-state index contributed by atoms with van der Waals surface area (Å²) in [6.07, 6.45) is 1.09. The van der Waals surface area contributed by atoms with Crippen molar-refractivity contribution in [3.05, 3.63) is 59.2 Å². The Morgan fingerprint density at radius 2 is 2.03 bits per heavy atom. The van der Waals surface area contributed by atoms with Crippen molar-refractivity contribution in [2.45, 2.75) is 56.9 Å². The Bertz CT molecular complexity index is 1010. The van der Waals surface area contributed by atoms with Crippen molar-refractivity contribution in [1.82, 2.24) is 10.2 Å². The monoisotopic (exact) mass is 436 g/mol. The second kappa shape index (κ2) is 8.00. The maximum atomic E-state index is 12.8. The number of carbonyl (C=O) groups excluding carboxylic acids is 1. The third-order valence-corrected chi connectivity index (χ3v) is 7.78. The molecule has 6 heteroatoms. The first-order valence-electron chi connectivity index (χ1n) is 11.5. The van der Waals surface area contributed by atoms with Gasteiger partial charge in [-0.3, -0.25) is 0 Å². The summed E-state index contributed by atoms with van der Waals surface area (Å²) in [6.45, 7) is 6.05. The normalized spacial score (nSPS) is 29.3. The van der Waals surface area contributed by atoms with Gasteiger partial charge in [0.15, 0.2) is 11.5 Å². The summed E-state index contributed by atoms with van der Waals surface area (Å²) in [5.74, 6) is 1.82. The van der Waals surface area contributed by atoms with Crippen molar-refractivity contribution in [1.29, 1.82) is 0 Å². The van der Waals surface area contributed by atoms with Crippen molar-refractivity contribution in [3.63, 3.8) is 0 Å². The van der Waals surface area contributed by atoms with Gasteiger partial charge in [-0.05, 0) is 44.1 Å². The summed E-state index contributed by atoms with van der Waals surface area (Å²) in [5.41, 5.74) is 3.45. The predicted molar refractivity (Wildman–Crippen MR) is 122 cm³/mol. The van der Waals surface area contributed by atoms with Gasteiger partial charge >= 0.3 is 6.09 Å². The van der Waals surface area contributed by atoms with E-state index in [2.05, 4.69) is 30.3 Å². The van der Waals surface area contributed by atoms with Crippen LogP contribution in [0, 0.1) is 5.92 Å². The highest BCUT2D eigenvalue weighted by Crippen LogP contribution is 2.61. The van der Waals surface area contributed by atoms with E-state index in [4.69, 9.17) is 14.2 Å². The predicted octanol–water partition coefficient (Wildman–Crippen LogP) is 4.43. The first-order valence-corrected chi connectivity index (χ1v) is 11.5. The van der Waals surface area contributed by atoms with Crippen LogP contribution in [0.2, 0.25) is 0 Å². The molecule has 1 saturated carbocycles. The molecule has 0 radical (unpaired) electrons. The fourth-order valence-electron chi connectivity index (χ4n) is 6.04. The van der Waals surface area contributed by atoms with E-state index in [1.165, 1.54) is 11.1 Å². The Kier molecular flexibility index (Phi) is 5.28. The summed E-state index contributed by atoms with van der Waals surface area (Å²) in [4.78, 5) is 15.1. The largest absolute Gasteiger partial charge is 0.493 e. The van der Waals surface area contributed by atoms with Crippen molar-refractivity contribution < 1.29 is 19.0 Å². The molecule has 2 aromatic carbocycles. The van der Waals surface area contributed by atoms with Crippen LogP contribution in [-0.2, 0) is 16.7 Å². The van der Waals surface area contributed by atoms with E-state index >= 15 is 0 Å². The van der Waals surface area contributed by atoms with Gasteiger partial charge in [-0.15, -0.1) is 0 Å². The van der Waals surface area contributed by atoms with E-state index in [0.29, 0.717) is 6.42 Å². The lowest BCUT2D eigenvalue weighted by atomic mass is 9.69. The van der Waals surface area contributed by atoms with Crippen LogP contribution in [0.1, 0.15) is 49.4 Å². The molecule has 1 aliphatic carbocycles. The van der Waals surface area contributed by atoms with Crippen LogP contribution in [0.25, 0.3) is 0 Å². The topological polar surface area (TPSA) is 60.0 Å². The fourth-order valence-corrected chi connectivity index (χ4v) is 6.04. The van der Waals surface area contributed by atoms with Crippen LogP contribution in [0.15, 0.2) is 42.5 Å². The summed E-state index contributed by atoms with van der Waals surface area (Å²) >= 11 is 0. The van der Waals surface area contributed by atoms with Crippen molar-refractivity contribution in [2.24, 2.45) is 5.92 Å². The lowest BCUT2D eigenvalue weighted by Gasteiger charge is -2.34. The average molecular weight is 437 g/mol. The summed E-state index contributed by atoms with van der Waals surface area (Å²) in [6, 6.07) is 14.0. The molecule has 1 amide bonds. The Balaban J connectivity index is 1.39. The van der Waals surface area contributed by atoms with Gasteiger partial charge in [-0.2, -0.15) is 0 Å². The van der Waals surface area contributed by atoms with Gasteiger partial charge in [0.1, 0.15) is 12.2 Å². The fraction of sp³-hybridized carbons (Fsp3) is 0.500. The van der Waals surface area contributed by atoms with Crippen LogP contribution in [-0.4, -0.2) is 43.9 Å². The summed E-state index contributed by atoms with van der Waals surface area (Å²) in [5, 5.41) is 2.99. The Morgan fingerprint density at radius 1 is 1.25 bits per heavy atom. The minimum atomic E-state index is -0.369. The Morgan fingerprint density at radius 3 is 2.78 bits per heavy atom. The third kappa shape index (κ3) is 3.24. The number of nitrogens with zero attached hydrogens (tertiary/aromatic N) is 1. The number of benzene rings is 2. The number of nitrogens with one attached hydrogen (secondary N) is 1. The van der Waals surface area contributed by atoms with E-state index in [0.717, 1.165) is 36.6 Å². The van der Waals surface area contributed by atoms with Crippen LogP contribution in [0.5, 0.6) is 11.5 Å². The first-order chi connectivity index (χ1) is 15.4. The van der Waals surface area contributed by atoms with Gasteiger partial charge in [0.2, 0.25) is 0 Å². The van der Waals surface area contributed by atoms with Crippen molar-refractivity contribution in [2.75, 3.05) is 20.7 Å². The van der Waals surface area contributed by atoms with Gasteiger partial charge in [0, 0.05) is 29.9 Å². The lowest BCUT2D eigenvalue weighted by Crippen LogP contribution is -2.41.